The van der Waals surface area contributed by atoms with Gasteiger partial charge >= 0.3 is 0 Å². The zero-order valence-corrected chi connectivity index (χ0v) is 14.7. The van der Waals surface area contributed by atoms with Gasteiger partial charge in [-0.25, -0.2) is 0 Å². The average Bonchev–Trinajstić information content (AvgIpc) is 2.62. The lowest BCUT2D eigenvalue weighted by Crippen LogP contribution is -2.44. The Balaban J connectivity index is 1.53. The zero-order valence-electron chi connectivity index (χ0n) is 13.9. The Kier molecular flexibility index (Phi) is 5.55. The van der Waals surface area contributed by atoms with E-state index in [1.165, 1.54) is 11.3 Å². The lowest BCUT2D eigenvalue weighted by atomic mass is 10.2. The number of rotatable bonds is 4. The average molecular weight is 340 g/mol. The summed E-state index contributed by atoms with van der Waals surface area (Å²) in [6.07, 6.45) is 3.66. The summed E-state index contributed by atoms with van der Waals surface area (Å²) >= 11 is 6.25. The summed E-state index contributed by atoms with van der Waals surface area (Å²) < 4.78 is 0. The van der Waals surface area contributed by atoms with Gasteiger partial charge in [-0.2, -0.15) is 5.10 Å². The molecule has 0 atom stereocenters. The Bertz CT molecular complexity index is 699. The molecule has 0 unspecified atom stereocenters. The molecule has 1 aliphatic rings. The molecular formula is C20H22ClN3. The highest BCUT2D eigenvalue weighted by molar-refractivity contribution is 6.41. The Morgan fingerprint density at radius 2 is 1.62 bits per heavy atom. The van der Waals surface area contributed by atoms with Crippen LogP contribution < -0.4 is 4.90 Å². The molecule has 1 heterocycles. The van der Waals surface area contributed by atoms with Gasteiger partial charge in [-0.15, -0.1) is 0 Å². The lowest BCUT2D eigenvalue weighted by Gasteiger charge is -2.34. The van der Waals surface area contributed by atoms with E-state index in [4.69, 9.17) is 11.6 Å². The van der Waals surface area contributed by atoms with Crippen molar-refractivity contribution in [3.8, 4) is 0 Å². The molecule has 24 heavy (non-hydrogen) atoms. The van der Waals surface area contributed by atoms with Crippen molar-refractivity contribution in [1.29, 1.82) is 0 Å². The van der Waals surface area contributed by atoms with Crippen LogP contribution in [0.3, 0.4) is 0 Å². The number of piperazine rings is 1. The molecule has 0 saturated carbocycles. The van der Waals surface area contributed by atoms with Crippen LogP contribution in [-0.2, 0) is 0 Å². The number of nitrogens with zero attached hydrogens (tertiary/aromatic N) is 3. The normalized spacial score (nSPS) is 16.0. The summed E-state index contributed by atoms with van der Waals surface area (Å²) in [6.45, 7) is 5.86. The monoisotopic (exact) mass is 339 g/mol. The van der Waals surface area contributed by atoms with Crippen molar-refractivity contribution in [2.24, 2.45) is 5.10 Å². The van der Waals surface area contributed by atoms with Crippen LogP contribution in [0.1, 0.15) is 11.1 Å². The Hall–Kier alpha value is -2.26. The third kappa shape index (κ3) is 4.62. The van der Waals surface area contributed by atoms with Crippen molar-refractivity contribution in [2.45, 2.75) is 6.92 Å². The first-order valence-corrected chi connectivity index (χ1v) is 8.61. The minimum absolute atomic E-state index is 0.641. The highest BCUT2D eigenvalue weighted by Crippen LogP contribution is 2.17. The SMILES string of the molecule is Cc1ccc(N2CCN(N=C/C(Cl)=C/c3ccccc3)CC2)cc1. The molecule has 3 rings (SSSR count). The molecule has 2 aromatic rings. The van der Waals surface area contributed by atoms with E-state index >= 15 is 0 Å². The molecule has 0 aromatic heterocycles. The molecule has 1 aliphatic heterocycles. The highest BCUT2D eigenvalue weighted by Gasteiger charge is 2.15. The molecule has 0 radical (unpaired) electrons. The van der Waals surface area contributed by atoms with E-state index in [1.807, 2.05) is 36.4 Å². The van der Waals surface area contributed by atoms with E-state index in [1.54, 1.807) is 6.21 Å². The van der Waals surface area contributed by atoms with Crippen LogP contribution in [0.25, 0.3) is 6.08 Å². The van der Waals surface area contributed by atoms with E-state index in [9.17, 15) is 0 Å². The quantitative estimate of drug-likeness (QED) is 0.770. The first kappa shape index (κ1) is 16.6. The number of anilines is 1. The van der Waals surface area contributed by atoms with E-state index in [-0.39, 0.29) is 0 Å². The largest absolute Gasteiger partial charge is 0.368 e. The van der Waals surface area contributed by atoms with E-state index in [0.717, 1.165) is 31.7 Å². The fraction of sp³-hybridized carbons (Fsp3) is 0.250. The molecule has 4 heteroatoms. The van der Waals surface area contributed by atoms with Gasteiger partial charge in [0, 0.05) is 18.8 Å². The van der Waals surface area contributed by atoms with Gasteiger partial charge in [0.15, 0.2) is 0 Å². The topological polar surface area (TPSA) is 18.8 Å². The Labute approximate surface area is 148 Å². The van der Waals surface area contributed by atoms with Crippen molar-refractivity contribution in [2.75, 3.05) is 31.1 Å². The predicted octanol–water partition coefficient (Wildman–Crippen LogP) is 4.38. The summed E-state index contributed by atoms with van der Waals surface area (Å²) in [6, 6.07) is 18.7. The maximum absolute atomic E-state index is 6.25. The summed E-state index contributed by atoms with van der Waals surface area (Å²) in [5, 5.41) is 7.22. The number of halogens is 1. The van der Waals surface area contributed by atoms with Crippen molar-refractivity contribution in [1.82, 2.24) is 5.01 Å². The summed E-state index contributed by atoms with van der Waals surface area (Å²) in [4.78, 5) is 2.40. The Morgan fingerprint density at radius 3 is 2.29 bits per heavy atom. The predicted molar refractivity (Wildman–Crippen MR) is 104 cm³/mol. The maximum Gasteiger partial charge on any atom is 0.0657 e. The zero-order chi connectivity index (χ0) is 16.8. The lowest BCUT2D eigenvalue weighted by molar-refractivity contribution is 0.272. The van der Waals surface area contributed by atoms with Gasteiger partial charge in [0.25, 0.3) is 0 Å². The van der Waals surface area contributed by atoms with Crippen molar-refractivity contribution in [3.05, 3.63) is 70.8 Å². The number of hydrogen-bond acceptors (Lipinski definition) is 3. The first-order valence-electron chi connectivity index (χ1n) is 8.23. The smallest absolute Gasteiger partial charge is 0.0657 e. The molecule has 124 valence electrons. The van der Waals surface area contributed by atoms with Crippen LogP contribution in [-0.4, -0.2) is 37.4 Å². The van der Waals surface area contributed by atoms with Gasteiger partial charge in [0.1, 0.15) is 0 Å². The second kappa shape index (κ2) is 8.02. The number of aryl methyl sites for hydroxylation is 1. The number of hydrogen-bond donors (Lipinski definition) is 0. The molecule has 3 nitrogen and oxygen atoms in total. The van der Waals surface area contributed by atoms with Gasteiger partial charge in [-0.1, -0.05) is 59.6 Å². The van der Waals surface area contributed by atoms with Crippen molar-refractivity contribution in [3.63, 3.8) is 0 Å². The third-order valence-corrected chi connectivity index (χ3v) is 4.31. The molecule has 0 spiro atoms. The number of allylic oxidation sites excluding steroid dienone is 1. The van der Waals surface area contributed by atoms with E-state index < -0.39 is 0 Å². The van der Waals surface area contributed by atoms with Gasteiger partial charge < -0.3 is 4.90 Å². The maximum atomic E-state index is 6.25. The van der Waals surface area contributed by atoms with E-state index in [2.05, 4.69) is 46.2 Å². The van der Waals surface area contributed by atoms with Crippen LogP contribution >= 0.6 is 11.6 Å². The van der Waals surface area contributed by atoms with Crippen molar-refractivity contribution >= 4 is 29.6 Å². The highest BCUT2D eigenvalue weighted by atomic mass is 35.5. The van der Waals surface area contributed by atoms with E-state index in [0.29, 0.717) is 5.03 Å². The molecule has 2 aromatic carbocycles. The fourth-order valence-electron chi connectivity index (χ4n) is 2.71. The standard InChI is InChI=1S/C20H22ClN3/c1-17-7-9-20(10-8-17)23-11-13-24(14-12-23)22-16-19(21)15-18-5-3-2-4-6-18/h2-10,15-16H,11-14H2,1H3/b19-15-,22-16?. The molecule has 1 saturated heterocycles. The third-order valence-electron chi connectivity index (χ3n) is 4.10. The van der Waals surface area contributed by atoms with Gasteiger partial charge in [-0.3, -0.25) is 5.01 Å². The van der Waals surface area contributed by atoms with Gasteiger partial charge in [-0.05, 0) is 30.7 Å². The van der Waals surface area contributed by atoms with Crippen LogP contribution in [0.2, 0.25) is 0 Å². The van der Waals surface area contributed by atoms with Crippen molar-refractivity contribution < 1.29 is 0 Å². The number of benzene rings is 2. The Morgan fingerprint density at radius 1 is 0.958 bits per heavy atom. The number of hydrazone groups is 1. The minimum atomic E-state index is 0.641. The second-order valence-corrected chi connectivity index (χ2v) is 6.40. The fourth-order valence-corrected chi connectivity index (χ4v) is 2.88. The van der Waals surface area contributed by atoms with Crippen LogP contribution in [0.4, 0.5) is 5.69 Å². The summed E-state index contributed by atoms with van der Waals surface area (Å²) in [5.74, 6) is 0. The van der Waals surface area contributed by atoms with Crippen LogP contribution in [0, 0.1) is 6.92 Å². The summed E-state index contributed by atoms with van der Waals surface area (Å²) in [7, 11) is 0. The molecule has 0 bridgehead atoms. The molecule has 0 aliphatic carbocycles. The summed E-state index contributed by atoms with van der Waals surface area (Å²) in [5.41, 5.74) is 3.66. The second-order valence-electron chi connectivity index (χ2n) is 5.96. The first-order chi connectivity index (χ1) is 11.7. The molecule has 0 amide bonds. The van der Waals surface area contributed by atoms with Gasteiger partial charge in [0.05, 0.1) is 24.3 Å². The molecular weight excluding hydrogens is 318 g/mol. The molecule has 0 N–H and O–H groups in total. The van der Waals surface area contributed by atoms with Crippen LogP contribution in [0.15, 0.2) is 64.7 Å². The minimum Gasteiger partial charge on any atom is -0.368 e. The molecule has 1 fully saturated rings. The van der Waals surface area contributed by atoms with Gasteiger partial charge in [0.2, 0.25) is 0 Å². The van der Waals surface area contributed by atoms with Crippen LogP contribution in [0.5, 0.6) is 0 Å².